The van der Waals surface area contributed by atoms with Gasteiger partial charge in [0, 0.05) is 28.3 Å². The lowest BCUT2D eigenvalue weighted by molar-refractivity contribution is 0.0697. The van der Waals surface area contributed by atoms with Gasteiger partial charge in [0.05, 0.1) is 24.5 Å². The SMILES string of the molecule is CCOC=C1CCCc2c1oc1cc(=[N+](CC)CC)ccc-1c2-c1ccccc1C(=O)O. The molecule has 0 saturated carbocycles. The second kappa shape index (κ2) is 9.43. The third-order valence-electron chi connectivity index (χ3n) is 6.13. The normalized spacial score (nSPS) is 14.4. The van der Waals surface area contributed by atoms with E-state index in [1.165, 1.54) is 0 Å². The molecule has 4 rings (SSSR count). The maximum atomic E-state index is 12.1. The molecule has 3 aliphatic rings. The molecule has 5 nitrogen and oxygen atoms in total. The van der Waals surface area contributed by atoms with Gasteiger partial charge in [-0.2, -0.15) is 0 Å². The Morgan fingerprint density at radius 1 is 1.09 bits per heavy atom. The number of carboxylic acids is 1. The highest BCUT2D eigenvalue weighted by Gasteiger charge is 2.28. The lowest BCUT2D eigenvalue weighted by Crippen LogP contribution is -2.29. The Morgan fingerprint density at radius 2 is 1.88 bits per heavy atom. The van der Waals surface area contributed by atoms with E-state index in [2.05, 4.69) is 36.6 Å². The van der Waals surface area contributed by atoms with Crippen molar-refractivity contribution in [3.05, 3.63) is 71.0 Å². The molecule has 0 fully saturated rings. The first-order valence-electron chi connectivity index (χ1n) is 11.4. The molecule has 1 aromatic carbocycles. The minimum atomic E-state index is -0.927. The van der Waals surface area contributed by atoms with Gasteiger partial charge in [0.2, 0.25) is 5.36 Å². The van der Waals surface area contributed by atoms with E-state index in [9.17, 15) is 9.90 Å². The predicted octanol–water partition coefficient (Wildman–Crippen LogP) is 5.28. The zero-order chi connectivity index (χ0) is 22.7. The Hall–Kier alpha value is -3.34. The van der Waals surface area contributed by atoms with E-state index < -0.39 is 5.97 Å². The fraction of sp³-hybridized carbons (Fsp3) is 0.333. The third-order valence-corrected chi connectivity index (χ3v) is 6.13. The number of allylic oxidation sites excluding steroid dienone is 1. The molecule has 0 radical (unpaired) electrons. The van der Waals surface area contributed by atoms with Crippen molar-refractivity contribution in [2.75, 3.05) is 19.7 Å². The summed E-state index contributed by atoms with van der Waals surface area (Å²) in [5.74, 6) is 0.640. The summed E-state index contributed by atoms with van der Waals surface area (Å²) in [4.78, 5) is 12.1. The van der Waals surface area contributed by atoms with Gasteiger partial charge in [-0.1, -0.05) is 18.2 Å². The van der Waals surface area contributed by atoms with Crippen molar-refractivity contribution in [1.82, 2.24) is 4.58 Å². The van der Waals surface area contributed by atoms with Crippen molar-refractivity contribution in [2.45, 2.75) is 40.0 Å². The number of nitrogens with zero attached hydrogens (tertiary/aromatic N) is 1. The van der Waals surface area contributed by atoms with Gasteiger partial charge in [-0.25, -0.2) is 9.37 Å². The van der Waals surface area contributed by atoms with Crippen molar-refractivity contribution in [1.29, 1.82) is 0 Å². The number of rotatable bonds is 6. The van der Waals surface area contributed by atoms with E-state index in [-0.39, 0.29) is 0 Å². The molecule has 0 unspecified atom stereocenters. The summed E-state index contributed by atoms with van der Waals surface area (Å²) in [6, 6.07) is 13.5. The van der Waals surface area contributed by atoms with Crippen molar-refractivity contribution in [2.24, 2.45) is 0 Å². The van der Waals surface area contributed by atoms with E-state index in [1.54, 1.807) is 18.4 Å². The van der Waals surface area contributed by atoms with Gasteiger partial charge in [0.15, 0.2) is 0 Å². The average molecular weight is 433 g/mol. The van der Waals surface area contributed by atoms with Crippen LogP contribution in [0.4, 0.5) is 0 Å². The lowest BCUT2D eigenvalue weighted by atomic mass is 9.83. The number of benzene rings is 2. The molecule has 166 valence electrons. The van der Waals surface area contributed by atoms with Gasteiger partial charge in [-0.3, -0.25) is 0 Å². The van der Waals surface area contributed by atoms with E-state index in [4.69, 9.17) is 9.15 Å². The Balaban J connectivity index is 2.11. The molecule has 1 N–H and O–H groups in total. The summed E-state index contributed by atoms with van der Waals surface area (Å²) in [7, 11) is 0. The first-order chi connectivity index (χ1) is 15.6. The molecule has 32 heavy (non-hydrogen) atoms. The quantitative estimate of drug-likeness (QED) is 0.425. The molecule has 0 aromatic heterocycles. The molecular weight excluding hydrogens is 402 g/mol. The zero-order valence-electron chi connectivity index (χ0n) is 19.0. The van der Waals surface area contributed by atoms with Crippen LogP contribution in [-0.4, -0.2) is 30.8 Å². The van der Waals surface area contributed by atoms with E-state index in [1.807, 2.05) is 19.1 Å². The van der Waals surface area contributed by atoms with E-state index in [0.29, 0.717) is 12.2 Å². The number of carbonyl (C=O) groups is 1. The summed E-state index contributed by atoms with van der Waals surface area (Å²) in [6.07, 6.45) is 4.47. The maximum Gasteiger partial charge on any atom is 0.336 e. The van der Waals surface area contributed by atoms with Crippen LogP contribution < -0.4 is 9.93 Å². The fourth-order valence-corrected chi connectivity index (χ4v) is 4.59. The molecule has 5 heteroatoms. The third kappa shape index (κ3) is 3.95. The molecule has 1 aromatic rings. The smallest absolute Gasteiger partial charge is 0.336 e. The van der Waals surface area contributed by atoms with Crippen LogP contribution >= 0.6 is 0 Å². The molecule has 1 aliphatic heterocycles. The van der Waals surface area contributed by atoms with Crippen molar-refractivity contribution in [3.63, 3.8) is 0 Å². The zero-order valence-corrected chi connectivity index (χ0v) is 19.0. The van der Waals surface area contributed by atoms with Crippen LogP contribution in [0, 0.1) is 0 Å². The predicted molar refractivity (Wildman–Crippen MR) is 127 cm³/mol. The van der Waals surface area contributed by atoms with Gasteiger partial charge in [-0.15, -0.1) is 0 Å². The van der Waals surface area contributed by atoms with Crippen molar-refractivity contribution < 1.29 is 19.1 Å². The topological polar surface area (TPSA) is 62.7 Å². The van der Waals surface area contributed by atoms with Crippen LogP contribution in [0.25, 0.3) is 28.0 Å². The van der Waals surface area contributed by atoms with Gasteiger partial charge >= 0.3 is 5.97 Å². The monoisotopic (exact) mass is 432 g/mol. The first kappa shape index (κ1) is 21.9. The van der Waals surface area contributed by atoms with Crippen LogP contribution in [0.3, 0.4) is 0 Å². The van der Waals surface area contributed by atoms with E-state index >= 15 is 0 Å². The Morgan fingerprint density at radius 3 is 2.59 bits per heavy atom. The molecule has 0 saturated heterocycles. The highest BCUT2D eigenvalue weighted by molar-refractivity contribution is 6.00. The Labute approximate surface area is 188 Å². The minimum Gasteiger partial charge on any atom is -0.501 e. The fourth-order valence-electron chi connectivity index (χ4n) is 4.59. The molecular formula is C27H30NO4+. The number of ether oxygens (including phenoxy) is 1. The number of hydrogen-bond donors (Lipinski definition) is 1. The summed E-state index contributed by atoms with van der Waals surface area (Å²) >= 11 is 0. The maximum absolute atomic E-state index is 12.1. The van der Waals surface area contributed by atoms with E-state index in [0.717, 1.165) is 77.1 Å². The van der Waals surface area contributed by atoms with Crippen LogP contribution in [0.15, 0.2) is 53.1 Å². The molecule has 0 spiro atoms. The molecule has 1 heterocycles. The number of hydrogen-bond acceptors (Lipinski definition) is 3. The molecule has 0 bridgehead atoms. The summed E-state index contributed by atoms with van der Waals surface area (Å²) < 4.78 is 14.4. The minimum absolute atomic E-state index is 0.302. The standard InChI is InChI=1S/C27H29NO4/c1-4-28(5-2)19-14-15-22-24(16-19)32-26-18(17-31-6-3)10-9-13-23(26)25(22)20-11-7-8-12-21(20)27(29)30/h7-8,11-12,14-17H,4-6,9-10,13H2,1-3H3/p+1. The summed E-state index contributed by atoms with van der Waals surface area (Å²) in [5.41, 5.74) is 5.00. The van der Waals surface area contributed by atoms with Gasteiger partial charge in [-0.05, 0) is 57.7 Å². The summed E-state index contributed by atoms with van der Waals surface area (Å²) in [6.45, 7) is 8.62. The van der Waals surface area contributed by atoms with Crippen LogP contribution in [0.1, 0.15) is 55.3 Å². The second-order valence-electron chi connectivity index (χ2n) is 7.94. The van der Waals surface area contributed by atoms with Gasteiger partial charge < -0.3 is 14.3 Å². The Bertz CT molecular complexity index is 1210. The number of carboxylic acid groups (broad SMARTS) is 1. The van der Waals surface area contributed by atoms with Crippen molar-refractivity contribution >= 4 is 11.5 Å². The first-order valence-corrected chi connectivity index (χ1v) is 11.4. The van der Waals surface area contributed by atoms with Crippen LogP contribution in [0.5, 0.6) is 0 Å². The highest BCUT2D eigenvalue weighted by Crippen LogP contribution is 2.45. The van der Waals surface area contributed by atoms with Crippen molar-refractivity contribution in [3.8, 4) is 22.5 Å². The number of fused-ring (bicyclic) bond motifs is 2. The Kier molecular flexibility index (Phi) is 6.45. The average Bonchev–Trinajstić information content (AvgIpc) is 2.82. The van der Waals surface area contributed by atoms with Crippen LogP contribution in [-0.2, 0) is 11.2 Å². The second-order valence-corrected chi connectivity index (χ2v) is 7.94. The number of aromatic carboxylic acids is 1. The molecule has 0 atom stereocenters. The summed E-state index contributed by atoms with van der Waals surface area (Å²) in [5, 5.41) is 11.0. The molecule has 0 amide bonds. The van der Waals surface area contributed by atoms with Gasteiger partial charge in [0.1, 0.15) is 24.6 Å². The van der Waals surface area contributed by atoms with Crippen LogP contribution in [0.2, 0.25) is 0 Å². The molecule has 2 aliphatic carbocycles. The largest absolute Gasteiger partial charge is 0.501 e. The van der Waals surface area contributed by atoms with Gasteiger partial charge in [0.25, 0.3) is 0 Å². The lowest BCUT2D eigenvalue weighted by Gasteiger charge is -2.25. The highest BCUT2D eigenvalue weighted by atomic mass is 16.5.